The minimum Gasteiger partial charge on any atom is -0.347 e. The Bertz CT molecular complexity index is 408. The van der Waals surface area contributed by atoms with E-state index >= 15 is 0 Å². The van der Waals surface area contributed by atoms with Gasteiger partial charge < -0.3 is 10.7 Å². The zero-order valence-corrected chi connectivity index (χ0v) is 10.5. The smallest absolute Gasteiger partial charge is 0.271 e. The Labute approximate surface area is 102 Å². The molecule has 0 aromatic carbocycles. The molecule has 2 unspecified atom stereocenters. The number of rotatable bonds is 5. The number of hydrogen-bond acceptors (Lipinski definition) is 6. The minimum absolute atomic E-state index is 0.178. The molecule has 0 saturated heterocycles. The number of nitrogen functional groups attached to an aromatic ring is 1. The molecule has 0 radical (unpaired) electrons. The van der Waals surface area contributed by atoms with Crippen molar-refractivity contribution in [3.05, 3.63) is 18.1 Å². The highest BCUT2D eigenvalue weighted by Gasteiger charge is 2.12. The van der Waals surface area contributed by atoms with E-state index in [1.165, 1.54) is 12.4 Å². The maximum Gasteiger partial charge on any atom is 0.271 e. The summed E-state index contributed by atoms with van der Waals surface area (Å²) in [6, 6.07) is -0.178. The summed E-state index contributed by atoms with van der Waals surface area (Å²) in [4.78, 5) is 19.4. The van der Waals surface area contributed by atoms with Crippen LogP contribution in [0.25, 0.3) is 0 Å². The Hall–Kier alpha value is -1.54. The van der Waals surface area contributed by atoms with Gasteiger partial charge in [-0.2, -0.15) is 0 Å². The largest absolute Gasteiger partial charge is 0.347 e. The molecule has 1 aromatic heterocycles. The number of nitrogens with two attached hydrogens (primary N) is 1. The van der Waals surface area contributed by atoms with Crippen LogP contribution in [0.2, 0.25) is 0 Å². The van der Waals surface area contributed by atoms with Gasteiger partial charge in [0.25, 0.3) is 5.91 Å². The third kappa shape index (κ3) is 4.45. The fourth-order valence-corrected chi connectivity index (χ4v) is 2.00. The van der Waals surface area contributed by atoms with Gasteiger partial charge in [0.15, 0.2) is 5.82 Å². The van der Waals surface area contributed by atoms with Crippen LogP contribution >= 0.6 is 0 Å². The Balaban J connectivity index is 2.60. The summed E-state index contributed by atoms with van der Waals surface area (Å²) in [5.74, 6) is 5.56. The first-order valence-electron chi connectivity index (χ1n) is 4.92. The van der Waals surface area contributed by atoms with Crippen LogP contribution in [-0.2, 0) is 10.8 Å². The second-order valence-electron chi connectivity index (χ2n) is 3.55. The molecule has 0 aliphatic heterocycles. The van der Waals surface area contributed by atoms with Crippen molar-refractivity contribution >= 4 is 22.5 Å². The van der Waals surface area contributed by atoms with Gasteiger partial charge in [0.1, 0.15) is 5.69 Å². The molecule has 0 aliphatic rings. The summed E-state index contributed by atoms with van der Waals surface area (Å²) in [5, 5.41) is 2.68. The van der Waals surface area contributed by atoms with Gasteiger partial charge in [-0.15, -0.1) is 0 Å². The molecule has 1 amide bonds. The van der Waals surface area contributed by atoms with E-state index in [4.69, 9.17) is 5.84 Å². The molecule has 0 fully saturated rings. The maximum absolute atomic E-state index is 11.7. The monoisotopic (exact) mass is 257 g/mol. The average molecular weight is 257 g/mol. The van der Waals surface area contributed by atoms with Crippen molar-refractivity contribution in [2.24, 2.45) is 5.84 Å². The molecular formula is C9H15N5O2S. The molecule has 94 valence electrons. The highest BCUT2D eigenvalue weighted by molar-refractivity contribution is 7.84. The van der Waals surface area contributed by atoms with Gasteiger partial charge in [-0.1, -0.05) is 0 Å². The number of hydrazine groups is 1. The van der Waals surface area contributed by atoms with E-state index in [1.54, 1.807) is 13.2 Å². The molecule has 0 bridgehead atoms. The van der Waals surface area contributed by atoms with Crippen molar-refractivity contribution in [1.29, 1.82) is 0 Å². The van der Waals surface area contributed by atoms with Crippen LogP contribution in [-0.4, -0.2) is 38.1 Å². The van der Waals surface area contributed by atoms with E-state index in [9.17, 15) is 9.00 Å². The lowest BCUT2D eigenvalue weighted by atomic mass is 10.3. The van der Waals surface area contributed by atoms with Crippen LogP contribution in [0.15, 0.2) is 12.4 Å². The lowest BCUT2D eigenvalue weighted by molar-refractivity contribution is 0.0938. The van der Waals surface area contributed by atoms with E-state index in [0.717, 1.165) is 0 Å². The van der Waals surface area contributed by atoms with Gasteiger partial charge in [-0.25, -0.2) is 15.8 Å². The van der Waals surface area contributed by atoms with Crippen molar-refractivity contribution < 1.29 is 9.00 Å². The molecule has 0 aliphatic carbocycles. The fraction of sp³-hybridized carbons (Fsp3) is 0.444. The number of carbonyl (C=O) groups excluding carboxylic acids is 1. The highest BCUT2D eigenvalue weighted by atomic mass is 32.2. The van der Waals surface area contributed by atoms with Crippen LogP contribution < -0.4 is 16.6 Å². The summed E-state index contributed by atoms with van der Waals surface area (Å²) < 4.78 is 11.0. The Kier molecular flexibility index (Phi) is 4.98. The first-order valence-corrected chi connectivity index (χ1v) is 6.65. The Morgan fingerprint density at radius 2 is 2.24 bits per heavy atom. The molecule has 8 heteroatoms. The van der Waals surface area contributed by atoms with E-state index in [1.807, 2.05) is 0 Å². The van der Waals surface area contributed by atoms with Gasteiger partial charge in [-0.3, -0.25) is 9.00 Å². The molecule has 0 saturated carbocycles. The standard InChI is InChI=1S/C9H15N5O2S/c1-6(5-17(2)16)13-9(15)7-3-12-8(14-10)4-11-7/h3-4,6H,5,10H2,1-2H3,(H,12,14)(H,13,15). The summed E-state index contributed by atoms with van der Waals surface area (Å²) in [7, 11) is -0.951. The molecule has 1 heterocycles. The molecular weight excluding hydrogens is 242 g/mol. The van der Waals surface area contributed by atoms with Crippen LogP contribution in [0.1, 0.15) is 17.4 Å². The lowest BCUT2D eigenvalue weighted by Gasteiger charge is -2.11. The number of nitrogens with one attached hydrogen (secondary N) is 2. The topological polar surface area (TPSA) is 110 Å². The fourth-order valence-electron chi connectivity index (χ4n) is 1.21. The van der Waals surface area contributed by atoms with Crippen LogP contribution in [0, 0.1) is 0 Å². The van der Waals surface area contributed by atoms with Gasteiger partial charge in [0.2, 0.25) is 0 Å². The normalized spacial score (nSPS) is 13.8. The summed E-state index contributed by atoms with van der Waals surface area (Å²) >= 11 is 0. The molecule has 1 aromatic rings. The number of anilines is 1. The predicted octanol–water partition coefficient (Wildman–Crippen LogP) is -0.741. The number of hydrogen-bond donors (Lipinski definition) is 3. The van der Waals surface area contributed by atoms with Gasteiger partial charge in [0.05, 0.1) is 12.4 Å². The summed E-state index contributed by atoms with van der Waals surface area (Å²) in [6.07, 6.45) is 4.27. The van der Waals surface area contributed by atoms with Crippen molar-refractivity contribution in [2.45, 2.75) is 13.0 Å². The minimum atomic E-state index is -0.951. The van der Waals surface area contributed by atoms with Crippen molar-refractivity contribution in [3.63, 3.8) is 0 Å². The second-order valence-corrected chi connectivity index (χ2v) is 5.03. The third-order valence-electron chi connectivity index (χ3n) is 1.89. The van der Waals surface area contributed by atoms with Crippen molar-refractivity contribution in [2.75, 3.05) is 17.4 Å². The summed E-state index contributed by atoms with van der Waals surface area (Å²) in [5.41, 5.74) is 2.51. The number of carbonyl (C=O) groups is 1. The van der Waals surface area contributed by atoms with Crippen LogP contribution in [0.3, 0.4) is 0 Å². The summed E-state index contributed by atoms with van der Waals surface area (Å²) in [6.45, 7) is 1.78. The Morgan fingerprint density at radius 1 is 1.53 bits per heavy atom. The second kappa shape index (κ2) is 6.26. The lowest BCUT2D eigenvalue weighted by Crippen LogP contribution is -2.36. The van der Waals surface area contributed by atoms with Gasteiger partial charge in [0, 0.05) is 28.9 Å². The molecule has 4 N–H and O–H groups in total. The van der Waals surface area contributed by atoms with Crippen LogP contribution in [0.5, 0.6) is 0 Å². The number of nitrogens with zero attached hydrogens (tertiary/aromatic N) is 2. The van der Waals surface area contributed by atoms with Crippen molar-refractivity contribution in [3.8, 4) is 0 Å². The van der Waals surface area contributed by atoms with E-state index < -0.39 is 10.8 Å². The SMILES string of the molecule is CC(CS(C)=O)NC(=O)c1cnc(NN)cn1. The van der Waals surface area contributed by atoms with E-state index in [0.29, 0.717) is 11.6 Å². The quantitative estimate of drug-likeness (QED) is 0.473. The predicted molar refractivity (Wildman–Crippen MR) is 65.7 cm³/mol. The van der Waals surface area contributed by atoms with E-state index in [-0.39, 0.29) is 17.6 Å². The molecule has 0 spiro atoms. The maximum atomic E-state index is 11.7. The Morgan fingerprint density at radius 3 is 2.71 bits per heavy atom. The average Bonchev–Trinajstić information content (AvgIpc) is 2.28. The van der Waals surface area contributed by atoms with E-state index in [2.05, 4.69) is 20.7 Å². The number of aromatic nitrogens is 2. The number of amides is 1. The van der Waals surface area contributed by atoms with Gasteiger partial charge >= 0.3 is 0 Å². The van der Waals surface area contributed by atoms with Crippen molar-refractivity contribution in [1.82, 2.24) is 15.3 Å². The molecule has 17 heavy (non-hydrogen) atoms. The zero-order valence-electron chi connectivity index (χ0n) is 9.64. The first kappa shape index (κ1) is 13.5. The molecule has 7 nitrogen and oxygen atoms in total. The van der Waals surface area contributed by atoms with Crippen LogP contribution in [0.4, 0.5) is 5.82 Å². The highest BCUT2D eigenvalue weighted by Crippen LogP contribution is 1.99. The molecule has 1 rings (SSSR count). The van der Waals surface area contributed by atoms with Gasteiger partial charge in [-0.05, 0) is 6.92 Å². The molecule has 2 atom stereocenters. The third-order valence-corrected chi connectivity index (χ3v) is 2.86. The first-order chi connectivity index (χ1) is 8.02. The zero-order chi connectivity index (χ0) is 12.8.